The zero-order chi connectivity index (χ0) is 20.3. The molecule has 2 aliphatic heterocycles. The molecule has 1 unspecified atom stereocenters. The van der Waals surface area contributed by atoms with Crippen molar-refractivity contribution in [1.82, 2.24) is 9.80 Å². The van der Waals surface area contributed by atoms with Crippen LogP contribution in [0.25, 0.3) is 0 Å². The lowest BCUT2D eigenvalue weighted by Gasteiger charge is -2.41. The lowest BCUT2D eigenvalue weighted by Crippen LogP contribution is -2.48. The first-order valence-electron chi connectivity index (χ1n) is 11.4. The maximum absolute atomic E-state index is 12.8. The number of benzene rings is 1. The lowest BCUT2D eigenvalue weighted by atomic mass is 9.86. The fourth-order valence-electron chi connectivity index (χ4n) is 5.02. The fraction of sp³-hybridized carbons (Fsp3) is 0.696. The highest BCUT2D eigenvalue weighted by Crippen LogP contribution is 2.36. The number of piperidine rings is 1. The highest BCUT2D eigenvalue weighted by atomic mass is 35.5. The van der Waals surface area contributed by atoms with E-state index in [0.717, 1.165) is 58.2 Å². The Kier molecular flexibility index (Phi) is 8.22. The van der Waals surface area contributed by atoms with Crippen molar-refractivity contribution in [1.29, 1.82) is 0 Å². The molecule has 2 heterocycles. The third-order valence-corrected chi connectivity index (χ3v) is 8.67. The molecule has 1 saturated carbocycles. The number of sulfone groups is 1. The number of likely N-dealkylation sites (tertiary alicyclic amines) is 2. The molecule has 0 spiro atoms. The third kappa shape index (κ3) is 5.77. The van der Waals surface area contributed by atoms with Crippen LogP contribution < -0.4 is 0 Å². The van der Waals surface area contributed by atoms with Crippen molar-refractivity contribution in [3.8, 4) is 0 Å². The van der Waals surface area contributed by atoms with E-state index in [9.17, 15) is 13.2 Å². The number of carbonyl (C=O) groups excluding carboxylic acids is 1. The average molecular weight is 455 g/mol. The van der Waals surface area contributed by atoms with Crippen LogP contribution in [0.1, 0.15) is 51.4 Å². The van der Waals surface area contributed by atoms with Crippen LogP contribution in [0.15, 0.2) is 35.2 Å². The molecule has 4 rings (SSSR count). The molecule has 0 bridgehead atoms. The molecule has 1 aromatic rings. The van der Waals surface area contributed by atoms with E-state index in [2.05, 4.69) is 9.80 Å². The van der Waals surface area contributed by atoms with Crippen molar-refractivity contribution in [2.45, 2.75) is 62.3 Å². The molecular formula is C23H35ClN2O3S. The smallest absolute Gasteiger partial charge is 0.225 e. The number of halogens is 1. The monoisotopic (exact) mass is 454 g/mol. The molecule has 1 aromatic carbocycles. The van der Waals surface area contributed by atoms with E-state index in [4.69, 9.17) is 0 Å². The summed E-state index contributed by atoms with van der Waals surface area (Å²) in [4.78, 5) is 17.8. The summed E-state index contributed by atoms with van der Waals surface area (Å²) >= 11 is 0. The van der Waals surface area contributed by atoms with E-state index in [0.29, 0.717) is 35.2 Å². The summed E-state index contributed by atoms with van der Waals surface area (Å²) in [6.07, 6.45) is 9.06. The third-order valence-electron chi connectivity index (χ3n) is 6.96. The molecule has 3 aliphatic rings. The van der Waals surface area contributed by atoms with Gasteiger partial charge in [-0.05, 0) is 69.7 Å². The summed E-state index contributed by atoms with van der Waals surface area (Å²) in [5.41, 5.74) is 0. The van der Waals surface area contributed by atoms with E-state index in [1.54, 1.807) is 24.3 Å². The predicted molar refractivity (Wildman–Crippen MR) is 122 cm³/mol. The molecule has 0 radical (unpaired) electrons. The number of amides is 1. The molecule has 7 heteroatoms. The Morgan fingerprint density at radius 3 is 2.27 bits per heavy atom. The van der Waals surface area contributed by atoms with E-state index in [1.165, 1.54) is 12.8 Å². The maximum Gasteiger partial charge on any atom is 0.225 e. The largest absolute Gasteiger partial charge is 0.339 e. The van der Waals surface area contributed by atoms with Gasteiger partial charge in [0.15, 0.2) is 9.84 Å². The molecule has 5 nitrogen and oxygen atoms in total. The summed E-state index contributed by atoms with van der Waals surface area (Å²) < 4.78 is 25.1. The van der Waals surface area contributed by atoms with Crippen LogP contribution in [0.5, 0.6) is 0 Å². The Morgan fingerprint density at radius 2 is 1.60 bits per heavy atom. The van der Waals surface area contributed by atoms with Gasteiger partial charge in [0.05, 0.1) is 10.6 Å². The first-order valence-corrected chi connectivity index (χ1v) is 13.0. The van der Waals surface area contributed by atoms with E-state index in [-0.39, 0.29) is 18.2 Å². The quantitative estimate of drug-likeness (QED) is 0.656. The Hall–Kier alpha value is -1.11. The number of hydrogen-bond donors (Lipinski definition) is 0. The van der Waals surface area contributed by atoms with Crippen LogP contribution in [0.3, 0.4) is 0 Å². The van der Waals surface area contributed by atoms with Crippen LogP contribution in [-0.4, -0.2) is 62.1 Å². The Morgan fingerprint density at radius 1 is 0.900 bits per heavy atom. The predicted octanol–water partition coefficient (Wildman–Crippen LogP) is 3.78. The minimum absolute atomic E-state index is 0. The van der Waals surface area contributed by atoms with Gasteiger partial charge in [-0.25, -0.2) is 8.42 Å². The van der Waals surface area contributed by atoms with Crippen LogP contribution in [0.2, 0.25) is 0 Å². The van der Waals surface area contributed by atoms with Crippen molar-refractivity contribution >= 4 is 28.2 Å². The van der Waals surface area contributed by atoms with Gasteiger partial charge in [-0.2, -0.15) is 0 Å². The van der Waals surface area contributed by atoms with E-state index < -0.39 is 9.84 Å². The second-order valence-electron chi connectivity index (χ2n) is 9.03. The molecule has 0 N–H and O–H groups in total. The van der Waals surface area contributed by atoms with Crippen molar-refractivity contribution in [3.05, 3.63) is 30.3 Å². The summed E-state index contributed by atoms with van der Waals surface area (Å²) in [6, 6.07) is 9.16. The standard InChI is InChI=1S/C23H34N2O3S.ClH/c26-23(20-10-11-20)25-14-6-2-5-9-22(25)19-12-15-24(16-13-19)17-18-29(27,28)21-7-3-1-4-8-21;/h1,3-4,7-8,19-20,22H,2,5-6,9-18H2;1H. The van der Waals surface area contributed by atoms with Crippen molar-refractivity contribution in [2.24, 2.45) is 11.8 Å². The summed E-state index contributed by atoms with van der Waals surface area (Å²) in [5, 5.41) is 0. The minimum Gasteiger partial charge on any atom is -0.339 e. The van der Waals surface area contributed by atoms with Crippen molar-refractivity contribution < 1.29 is 13.2 Å². The zero-order valence-electron chi connectivity index (χ0n) is 17.7. The van der Waals surface area contributed by atoms with Crippen molar-refractivity contribution in [3.63, 3.8) is 0 Å². The van der Waals surface area contributed by atoms with Gasteiger partial charge >= 0.3 is 0 Å². The van der Waals surface area contributed by atoms with Crippen LogP contribution in [0, 0.1) is 11.8 Å². The number of rotatable bonds is 6. The van der Waals surface area contributed by atoms with Crippen LogP contribution >= 0.6 is 12.4 Å². The summed E-state index contributed by atoms with van der Waals surface area (Å²) in [5.74, 6) is 1.46. The van der Waals surface area contributed by atoms with Gasteiger partial charge in [0.2, 0.25) is 5.91 Å². The van der Waals surface area contributed by atoms with Gasteiger partial charge in [-0.3, -0.25) is 4.79 Å². The average Bonchev–Trinajstić information content (AvgIpc) is 3.60. The molecule has 2 saturated heterocycles. The SMILES string of the molecule is Cl.O=C(C1CC1)N1CCCCCC1C1CCN(CCS(=O)(=O)c2ccccc2)CC1. The number of carbonyl (C=O) groups is 1. The fourth-order valence-corrected chi connectivity index (χ4v) is 6.33. The van der Waals surface area contributed by atoms with Crippen LogP contribution in [-0.2, 0) is 14.6 Å². The first kappa shape index (κ1) is 23.6. The minimum atomic E-state index is -3.22. The van der Waals surface area contributed by atoms with Crippen molar-refractivity contribution in [2.75, 3.05) is 31.9 Å². The summed E-state index contributed by atoms with van der Waals surface area (Å²) in [7, 11) is -3.22. The normalized spacial score (nSPS) is 24.1. The van der Waals surface area contributed by atoms with Gasteiger partial charge in [0, 0.05) is 25.0 Å². The molecule has 1 aliphatic carbocycles. The Balaban J connectivity index is 0.00000256. The highest BCUT2D eigenvalue weighted by Gasteiger charge is 2.39. The van der Waals surface area contributed by atoms with Gasteiger partial charge in [-0.15, -0.1) is 12.4 Å². The zero-order valence-corrected chi connectivity index (χ0v) is 19.4. The van der Waals surface area contributed by atoms with Crippen LogP contribution in [0.4, 0.5) is 0 Å². The molecule has 3 fully saturated rings. The molecule has 0 aromatic heterocycles. The number of hydrogen-bond acceptors (Lipinski definition) is 4. The van der Waals surface area contributed by atoms with E-state index in [1.807, 2.05) is 6.07 Å². The van der Waals surface area contributed by atoms with E-state index >= 15 is 0 Å². The lowest BCUT2D eigenvalue weighted by molar-refractivity contribution is -0.136. The Bertz CT molecular complexity index is 790. The second kappa shape index (κ2) is 10.5. The van der Waals surface area contributed by atoms with Gasteiger partial charge < -0.3 is 9.80 Å². The number of nitrogens with zero attached hydrogens (tertiary/aromatic N) is 2. The Labute approximate surface area is 187 Å². The first-order chi connectivity index (χ1) is 14.0. The van der Waals surface area contributed by atoms with Gasteiger partial charge in [0.25, 0.3) is 0 Å². The molecular weight excluding hydrogens is 420 g/mol. The maximum atomic E-state index is 12.8. The van der Waals surface area contributed by atoms with Gasteiger partial charge in [0.1, 0.15) is 0 Å². The topological polar surface area (TPSA) is 57.7 Å². The molecule has 1 amide bonds. The second-order valence-corrected chi connectivity index (χ2v) is 11.1. The van der Waals surface area contributed by atoms with Gasteiger partial charge in [-0.1, -0.05) is 31.0 Å². The highest BCUT2D eigenvalue weighted by molar-refractivity contribution is 7.91. The molecule has 168 valence electrons. The molecule has 1 atom stereocenters. The summed E-state index contributed by atoms with van der Waals surface area (Å²) in [6.45, 7) is 3.42. The molecule has 30 heavy (non-hydrogen) atoms.